The molecule has 2 heteroatoms. The Morgan fingerprint density at radius 1 is 1.46 bits per heavy atom. The van der Waals surface area contributed by atoms with Crippen molar-refractivity contribution in [3.63, 3.8) is 0 Å². The van der Waals surface area contributed by atoms with Gasteiger partial charge in [-0.2, -0.15) is 0 Å². The lowest BCUT2D eigenvalue weighted by Gasteiger charge is -2.23. The van der Waals surface area contributed by atoms with Crippen molar-refractivity contribution in [3.8, 4) is 11.5 Å². The lowest BCUT2D eigenvalue weighted by atomic mass is 9.98. The van der Waals surface area contributed by atoms with E-state index in [0.29, 0.717) is 5.92 Å². The molecule has 70 valence electrons. The molecule has 0 fully saturated rings. The topological polar surface area (TPSA) is 18.5 Å². The van der Waals surface area contributed by atoms with E-state index in [4.69, 9.17) is 9.47 Å². The fourth-order valence-corrected chi connectivity index (χ4v) is 1.71. The van der Waals surface area contributed by atoms with Crippen molar-refractivity contribution in [1.82, 2.24) is 0 Å². The van der Waals surface area contributed by atoms with Crippen molar-refractivity contribution in [2.75, 3.05) is 13.7 Å². The van der Waals surface area contributed by atoms with Gasteiger partial charge in [0.15, 0.2) is 0 Å². The first-order valence-corrected chi connectivity index (χ1v) is 4.60. The third-order valence-electron chi connectivity index (χ3n) is 2.39. The molecule has 1 atom stereocenters. The molecule has 0 saturated carbocycles. The highest BCUT2D eigenvalue weighted by molar-refractivity contribution is 5.45. The Morgan fingerprint density at radius 2 is 2.31 bits per heavy atom. The maximum atomic E-state index is 5.60. The summed E-state index contributed by atoms with van der Waals surface area (Å²) in [5.41, 5.74) is 1.21. The molecule has 0 amide bonds. The molecule has 2 nitrogen and oxygen atoms in total. The van der Waals surface area contributed by atoms with Crippen LogP contribution in [0.1, 0.15) is 12.5 Å². The lowest BCUT2D eigenvalue weighted by Crippen LogP contribution is -2.18. The molecular formula is C11H14O2. The van der Waals surface area contributed by atoms with Crippen molar-refractivity contribution in [1.29, 1.82) is 0 Å². The first kappa shape index (κ1) is 8.42. The van der Waals surface area contributed by atoms with E-state index in [9.17, 15) is 0 Å². The third kappa shape index (κ3) is 1.48. The van der Waals surface area contributed by atoms with Gasteiger partial charge >= 0.3 is 0 Å². The zero-order valence-electron chi connectivity index (χ0n) is 8.04. The number of fused-ring (bicyclic) bond motifs is 1. The largest absolute Gasteiger partial charge is 0.496 e. The Balaban J connectivity index is 2.41. The molecule has 0 bridgehead atoms. The SMILES string of the molecule is COc1cccc2c1CC(C)CO2. The van der Waals surface area contributed by atoms with E-state index in [1.54, 1.807) is 7.11 Å². The minimum atomic E-state index is 0.587. The number of hydrogen-bond donors (Lipinski definition) is 0. The lowest BCUT2D eigenvalue weighted by molar-refractivity contribution is 0.229. The van der Waals surface area contributed by atoms with Gasteiger partial charge in [0, 0.05) is 5.56 Å². The average molecular weight is 178 g/mol. The van der Waals surface area contributed by atoms with Gasteiger partial charge < -0.3 is 9.47 Å². The molecule has 0 aromatic heterocycles. The molecule has 1 aromatic rings. The van der Waals surface area contributed by atoms with Gasteiger partial charge in [-0.25, -0.2) is 0 Å². The molecule has 0 saturated heterocycles. The highest BCUT2D eigenvalue weighted by Gasteiger charge is 2.19. The maximum Gasteiger partial charge on any atom is 0.126 e. The summed E-state index contributed by atoms with van der Waals surface area (Å²) in [6, 6.07) is 5.96. The van der Waals surface area contributed by atoms with Crippen LogP contribution in [0.4, 0.5) is 0 Å². The second-order valence-electron chi connectivity index (χ2n) is 3.56. The summed E-state index contributed by atoms with van der Waals surface area (Å²) < 4.78 is 10.9. The number of hydrogen-bond acceptors (Lipinski definition) is 2. The van der Waals surface area contributed by atoms with Gasteiger partial charge in [0.25, 0.3) is 0 Å². The molecule has 1 aliphatic heterocycles. The van der Waals surface area contributed by atoms with Gasteiger partial charge in [-0.3, -0.25) is 0 Å². The second kappa shape index (κ2) is 3.29. The van der Waals surface area contributed by atoms with Gasteiger partial charge in [0.2, 0.25) is 0 Å². The molecule has 1 aliphatic rings. The van der Waals surface area contributed by atoms with Gasteiger partial charge in [0.1, 0.15) is 11.5 Å². The maximum absolute atomic E-state index is 5.60. The molecule has 0 spiro atoms. The van der Waals surface area contributed by atoms with Crippen LogP contribution in [0.2, 0.25) is 0 Å². The number of rotatable bonds is 1. The monoisotopic (exact) mass is 178 g/mol. The van der Waals surface area contributed by atoms with Crippen LogP contribution >= 0.6 is 0 Å². The first-order chi connectivity index (χ1) is 6.31. The second-order valence-corrected chi connectivity index (χ2v) is 3.56. The van der Waals surface area contributed by atoms with Crippen molar-refractivity contribution in [3.05, 3.63) is 23.8 Å². The summed E-state index contributed by atoms with van der Waals surface area (Å²) in [6.07, 6.45) is 1.05. The standard InChI is InChI=1S/C11H14O2/c1-8-6-9-10(12-2)4-3-5-11(9)13-7-8/h3-5,8H,6-7H2,1-2H3. The summed E-state index contributed by atoms with van der Waals surface area (Å²) >= 11 is 0. The quantitative estimate of drug-likeness (QED) is 0.656. The summed E-state index contributed by atoms with van der Waals surface area (Å²) in [6.45, 7) is 3.01. The highest BCUT2D eigenvalue weighted by Crippen LogP contribution is 2.33. The fraction of sp³-hybridized carbons (Fsp3) is 0.455. The normalized spacial score (nSPS) is 20.3. The van der Waals surface area contributed by atoms with E-state index in [-0.39, 0.29) is 0 Å². The van der Waals surface area contributed by atoms with Crippen LogP contribution in [-0.4, -0.2) is 13.7 Å². The highest BCUT2D eigenvalue weighted by atomic mass is 16.5. The molecule has 1 aromatic carbocycles. The third-order valence-corrected chi connectivity index (χ3v) is 2.39. The van der Waals surface area contributed by atoms with Crippen molar-refractivity contribution >= 4 is 0 Å². The van der Waals surface area contributed by atoms with Crippen molar-refractivity contribution in [2.24, 2.45) is 5.92 Å². The summed E-state index contributed by atoms with van der Waals surface area (Å²) in [7, 11) is 1.70. The van der Waals surface area contributed by atoms with E-state index >= 15 is 0 Å². The van der Waals surface area contributed by atoms with Crippen LogP contribution in [0.3, 0.4) is 0 Å². The minimum absolute atomic E-state index is 0.587. The Labute approximate surface area is 78.5 Å². The smallest absolute Gasteiger partial charge is 0.126 e. The number of ether oxygens (including phenoxy) is 2. The first-order valence-electron chi connectivity index (χ1n) is 4.60. The summed E-state index contributed by atoms with van der Waals surface area (Å²) in [4.78, 5) is 0. The Hall–Kier alpha value is -1.18. The van der Waals surface area contributed by atoms with E-state index in [2.05, 4.69) is 6.92 Å². The van der Waals surface area contributed by atoms with Crippen LogP contribution in [0.5, 0.6) is 11.5 Å². The molecule has 1 heterocycles. The van der Waals surface area contributed by atoms with Crippen LogP contribution in [0.15, 0.2) is 18.2 Å². The van der Waals surface area contributed by atoms with Gasteiger partial charge in [0.05, 0.1) is 13.7 Å². The predicted octanol–water partition coefficient (Wildman–Crippen LogP) is 2.27. The van der Waals surface area contributed by atoms with Crippen molar-refractivity contribution < 1.29 is 9.47 Å². The zero-order valence-corrected chi connectivity index (χ0v) is 8.04. The number of methoxy groups -OCH3 is 1. The van der Waals surface area contributed by atoms with E-state index in [0.717, 1.165) is 24.5 Å². The summed E-state index contributed by atoms with van der Waals surface area (Å²) in [5, 5.41) is 0. The minimum Gasteiger partial charge on any atom is -0.496 e. The molecule has 0 aliphatic carbocycles. The average Bonchev–Trinajstić information content (AvgIpc) is 2.17. The number of benzene rings is 1. The Morgan fingerprint density at radius 3 is 3.08 bits per heavy atom. The van der Waals surface area contributed by atoms with Crippen LogP contribution in [0, 0.1) is 5.92 Å². The van der Waals surface area contributed by atoms with Crippen LogP contribution < -0.4 is 9.47 Å². The molecule has 2 rings (SSSR count). The molecule has 0 N–H and O–H groups in total. The molecular weight excluding hydrogens is 164 g/mol. The van der Waals surface area contributed by atoms with E-state index in [1.165, 1.54) is 5.56 Å². The van der Waals surface area contributed by atoms with Gasteiger partial charge in [-0.05, 0) is 24.5 Å². The predicted molar refractivity (Wildman–Crippen MR) is 51.4 cm³/mol. The molecule has 1 unspecified atom stereocenters. The Kier molecular flexibility index (Phi) is 2.13. The molecule has 13 heavy (non-hydrogen) atoms. The summed E-state index contributed by atoms with van der Waals surface area (Å²) in [5.74, 6) is 2.52. The van der Waals surface area contributed by atoms with Gasteiger partial charge in [-0.15, -0.1) is 0 Å². The van der Waals surface area contributed by atoms with Crippen molar-refractivity contribution in [2.45, 2.75) is 13.3 Å². The fourth-order valence-electron chi connectivity index (χ4n) is 1.71. The Bertz CT molecular complexity index is 293. The van der Waals surface area contributed by atoms with E-state index in [1.807, 2.05) is 18.2 Å². The zero-order chi connectivity index (χ0) is 9.26. The molecule has 0 radical (unpaired) electrons. The van der Waals surface area contributed by atoms with Gasteiger partial charge in [-0.1, -0.05) is 13.0 Å². The van der Waals surface area contributed by atoms with E-state index < -0.39 is 0 Å². The van der Waals surface area contributed by atoms with Crippen LogP contribution in [0.25, 0.3) is 0 Å². The van der Waals surface area contributed by atoms with Crippen LogP contribution in [-0.2, 0) is 6.42 Å².